The molecule has 2 aromatic heterocycles. The van der Waals surface area contributed by atoms with E-state index in [4.69, 9.17) is 4.74 Å². The fraction of sp³-hybridized carbons (Fsp3) is 0.154. The first kappa shape index (κ1) is 27.8. The van der Waals surface area contributed by atoms with Gasteiger partial charge in [0.05, 0.1) is 35.4 Å². The van der Waals surface area contributed by atoms with Crippen molar-refractivity contribution in [2.45, 2.75) is 18.9 Å². The number of halogens is 8. The first-order valence-electron chi connectivity index (χ1n) is 10.8. The highest BCUT2D eigenvalue weighted by Crippen LogP contribution is 2.42. The summed E-state index contributed by atoms with van der Waals surface area (Å²) in [4.78, 5) is 13.5. The number of pyridine rings is 1. The van der Waals surface area contributed by atoms with Crippen molar-refractivity contribution in [2.24, 2.45) is 0 Å². The van der Waals surface area contributed by atoms with Crippen LogP contribution >= 0.6 is 11.3 Å². The summed E-state index contributed by atoms with van der Waals surface area (Å²) in [6, 6.07) is 10.1. The summed E-state index contributed by atoms with van der Waals surface area (Å²) in [5.41, 5.74) is -5.40. The third-order valence-electron chi connectivity index (χ3n) is 5.71. The Morgan fingerprint density at radius 3 is 2.15 bits per heavy atom. The maximum absolute atomic E-state index is 14.4. The molecule has 0 bridgehead atoms. The average molecular weight is 570 g/mol. The van der Waals surface area contributed by atoms with Crippen molar-refractivity contribution in [1.82, 2.24) is 4.57 Å². The van der Waals surface area contributed by atoms with Gasteiger partial charge in [-0.15, -0.1) is 11.3 Å². The van der Waals surface area contributed by atoms with Gasteiger partial charge in [0.25, 0.3) is 5.56 Å². The van der Waals surface area contributed by atoms with Gasteiger partial charge in [-0.05, 0) is 42.0 Å². The highest BCUT2D eigenvalue weighted by atomic mass is 32.1. The summed E-state index contributed by atoms with van der Waals surface area (Å²) in [5.74, 6) is -2.45. The number of ether oxygens (including phenoxy) is 1. The monoisotopic (exact) mass is 570 g/mol. The molecule has 0 spiro atoms. The molecule has 4 rings (SSSR count). The molecular weight excluding hydrogens is 556 g/mol. The van der Waals surface area contributed by atoms with Gasteiger partial charge in [0.2, 0.25) is 0 Å². The van der Waals surface area contributed by atoms with Gasteiger partial charge in [-0.25, -0.2) is 8.78 Å². The maximum atomic E-state index is 14.4. The van der Waals surface area contributed by atoms with Crippen molar-refractivity contribution in [3.05, 3.63) is 98.8 Å². The number of nitriles is 1. The van der Waals surface area contributed by atoms with E-state index >= 15 is 0 Å². The second kappa shape index (κ2) is 10.2. The van der Waals surface area contributed by atoms with E-state index in [0.29, 0.717) is 17.0 Å². The Balaban J connectivity index is 1.90. The zero-order valence-corrected chi connectivity index (χ0v) is 20.4. The molecule has 4 aromatic rings. The highest BCUT2D eigenvalue weighted by Gasteiger charge is 2.37. The van der Waals surface area contributed by atoms with Crippen LogP contribution in [0.3, 0.4) is 0 Å². The maximum Gasteiger partial charge on any atom is 0.419 e. The number of hydrogen-bond donors (Lipinski definition) is 0. The second-order valence-corrected chi connectivity index (χ2v) is 9.22. The first-order valence-corrected chi connectivity index (χ1v) is 11.6. The van der Waals surface area contributed by atoms with Crippen LogP contribution in [0.4, 0.5) is 35.1 Å². The van der Waals surface area contributed by atoms with Gasteiger partial charge in [-0.3, -0.25) is 4.79 Å². The fourth-order valence-corrected chi connectivity index (χ4v) is 4.90. The van der Waals surface area contributed by atoms with Crippen LogP contribution in [0.2, 0.25) is 0 Å². The largest absolute Gasteiger partial charge is 0.496 e. The summed E-state index contributed by atoms with van der Waals surface area (Å²) >= 11 is 0.844. The number of nitrogens with zero attached hydrogens (tertiary/aromatic N) is 2. The molecule has 0 saturated heterocycles. The quantitative estimate of drug-likeness (QED) is 0.234. The van der Waals surface area contributed by atoms with Crippen molar-refractivity contribution in [2.75, 3.05) is 7.11 Å². The molecule has 13 heteroatoms. The Hall–Kier alpha value is -4.18. The topological polar surface area (TPSA) is 55.0 Å². The predicted octanol–water partition coefficient (Wildman–Crippen LogP) is 7.49. The number of methoxy groups -OCH3 is 1. The van der Waals surface area contributed by atoms with E-state index in [-0.39, 0.29) is 21.7 Å². The van der Waals surface area contributed by atoms with Crippen LogP contribution in [-0.2, 0) is 18.9 Å². The van der Waals surface area contributed by atoms with Crippen molar-refractivity contribution < 1.29 is 39.9 Å². The highest BCUT2D eigenvalue weighted by molar-refractivity contribution is 7.18. The minimum absolute atomic E-state index is 0.0680. The van der Waals surface area contributed by atoms with Gasteiger partial charge in [0, 0.05) is 16.5 Å². The molecule has 4 nitrogen and oxygen atoms in total. The predicted molar refractivity (Wildman–Crippen MR) is 126 cm³/mol. The van der Waals surface area contributed by atoms with E-state index in [2.05, 4.69) is 0 Å². The van der Waals surface area contributed by atoms with Crippen molar-refractivity contribution >= 4 is 11.3 Å². The molecule has 0 amide bonds. The second-order valence-electron chi connectivity index (χ2n) is 8.13. The molecule has 2 heterocycles. The molecule has 0 fully saturated rings. The lowest BCUT2D eigenvalue weighted by atomic mass is 10.1. The fourth-order valence-electron chi connectivity index (χ4n) is 3.87. The summed E-state index contributed by atoms with van der Waals surface area (Å²) in [6.07, 6.45) is -9.77. The molecule has 39 heavy (non-hydrogen) atoms. The molecule has 2 aromatic carbocycles. The van der Waals surface area contributed by atoms with E-state index in [1.807, 2.05) is 0 Å². The van der Waals surface area contributed by atoms with Gasteiger partial charge in [-0.2, -0.15) is 31.6 Å². The lowest BCUT2D eigenvalue weighted by molar-refractivity contribution is -0.139. The third kappa shape index (κ3) is 5.51. The van der Waals surface area contributed by atoms with Gasteiger partial charge in [0.15, 0.2) is 0 Å². The van der Waals surface area contributed by atoms with Crippen LogP contribution in [0.1, 0.15) is 22.3 Å². The number of benzene rings is 2. The number of aromatic nitrogens is 1. The number of hydrogen-bond acceptors (Lipinski definition) is 4. The zero-order valence-electron chi connectivity index (χ0n) is 19.5. The molecular formula is C26H14F8N2O2S. The van der Waals surface area contributed by atoms with Gasteiger partial charge in [0.1, 0.15) is 29.0 Å². The van der Waals surface area contributed by atoms with Gasteiger partial charge in [-0.1, -0.05) is 12.1 Å². The average Bonchev–Trinajstić information content (AvgIpc) is 3.35. The van der Waals surface area contributed by atoms with E-state index < -0.39 is 58.5 Å². The Morgan fingerprint density at radius 2 is 1.56 bits per heavy atom. The molecule has 0 aliphatic rings. The minimum atomic E-state index is -5.08. The lowest BCUT2D eigenvalue weighted by Crippen LogP contribution is -2.28. The first-order chi connectivity index (χ1) is 18.2. The standard InChI is InChI=1S/C26H14F8N2O2S/c1-38-21-8-13(3-5-17(21)25(29,30)31)22-6-7-23(39-22)20-10-18(26(32,33)34)16(11-35)24(37)36(20)12-14-2-4-15(27)9-19(14)28/h2-10H,12H2,1H3. The molecule has 0 aliphatic heterocycles. The van der Waals surface area contributed by atoms with Crippen LogP contribution < -0.4 is 10.3 Å². The zero-order chi connectivity index (χ0) is 28.7. The van der Waals surface area contributed by atoms with E-state index in [9.17, 15) is 45.2 Å². The molecule has 202 valence electrons. The smallest absolute Gasteiger partial charge is 0.419 e. The van der Waals surface area contributed by atoms with Crippen LogP contribution in [0.25, 0.3) is 21.0 Å². The van der Waals surface area contributed by atoms with Crippen LogP contribution in [0.15, 0.2) is 59.4 Å². The van der Waals surface area contributed by atoms with Crippen molar-refractivity contribution in [3.8, 4) is 32.8 Å². The molecule has 0 aliphatic carbocycles. The van der Waals surface area contributed by atoms with Crippen LogP contribution in [0, 0.1) is 23.0 Å². The number of rotatable bonds is 5. The van der Waals surface area contributed by atoms with E-state index in [1.165, 1.54) is 18.2 Å². The SMILES string of the molecule is COc1cc(-c2ccc(-c3cc(C(F)(F)F)c(C#N)c(=O)n3Cc3ccc(F)cc3F)s2)ccc1C(F)(F)F. The summed E-state index contributed by atoms with van der Waals surface area (Å²) in [6.45, 7) is -0.631. The summed E-state index contributed by atoms with van der Waals surface area (Å²) in [5, 5.41) is 9.31. The number of thiophene rings is 1. The van der Waals surface area contributed by atoms with Crippen LogP contribution in [-0.4, -0.2) is 11.7 Å². The Kier molecular flexibility index (Phi) is 7.27. The number of alkyl halides is 6. The molecule has 0 unspecified atom stereocenters. The van der Waals surface area contributed by atoms with Crippen molar-refractivity contribution in [3.63, 3.8) is 0 Å². The van der Waals surface area contributed by atoms with Gasteiger partial charge < -0.3 is 9.30 Å². The summed E-state index contributed by atoms with van der Waals surface area (Å²) < 4.78 is 114. The Bertz CT molecular complexity index is 1660. The molecule has 0 atom stereocenters. The third-order valence-corrected chi connectivity index (χ3v) is 6.87. The van der Waals surface area contributed by atoms with Crippen LogP contribution in [0.5, 0.6) is 5.75 Å². The van der Waals surface area contributed by atoms with E-state index in [0.717, 1.165) is 53.3 Å². The van der Waals surface area contributed by atoms with Crippen molar-refractivity contribution in [1.29, 1.82) is 5.26 Å². The lowest BCUT2D eigenvalue weighted by Gasteiger charge is -2.17. The molecule has 0 saturated carbocycles. The van der Waals surface area contributed by atoms with E-state index in [1.54, 1.807) is 0 Å². The summed E-state index contributed by atoms with van der Waals surface area (Å²) in [7, 11) is 1.05. The Labute approximate surface area is 218 Å². The molecule has 0 radical (unpaired) electrons. The normalized spacial score (nSPS) is 11.9. The minimum Gasteiger partial charge on any atom is -0.496 e. The Morgan fingerprint density at radius 1 is 0.897 bits per heavy atom. The van der Waals surface area contributed by atoms with Gasteiger partial charge >= 0.3 is 12.4 Å². The molecule has 0 N–H and O–H groups in total.